The van der Waals surface area contributed by atoms with Crippen molar-refractivity contribution in [3.63, 3.8) is 0 Å². The van der Waals surface area contributed by atoms with Crippen LogP contribution in [0, 0.1) is 5.92 Å². The van der Waals surface area contributed by atoms with E-state index in [1.165, 1.54) is 28.6 Å². The van der Waals surface area contributed by atoms with Gasteiger partial charge >= 0.3 is 6.01 Å². The van der Waals surface area contributed by atoms with E-state index in [0.29, 0.717) is 34.8 Å². The molecule has 4 rings (SSSR count). The van der Waals surface area contributed by atoms with Crippen molar-refractivity contribution in [2.45, 2.75) is 17.7 Å². The molecule has 1 aromatic carbocycles. The Kier molecular flexibility index (Phi) is 5.96. The summed E-state index contributed by atoms with van der Waals surface area (Å²) in [5.41, 5.74) is 0. The highest BCUT2D eigenvalue weighted by Crippen LogP contribution is 2.27. The number of nitrogens with one attached hydrogen (secondary N) is 1. The number of benzene rings is 1. The Morgan fingerprint density at radius 3 is 2.63 bits per heavy atom. The van der Waals surface area contributed by atoms with Gasteiger partial charge in [-0.25, -0.2) is 8.42 Å². The van der Waals surface area contributed by atoms with Gasteiger partial charge in [0.15, 0.2) is 10.4 Å². The fourth-order valence-electron chi connectivity index (χ4n) is 3.14. The van der Waals surface area contributed by atoms with Crippen molar-refractivity contribution in [1.29, 1.82) is 0 Å². The Morgan fingerprint density at radius 2 is 1.93 bits per heavy atom. The van der Waals surface area contributed by atoms with Gasteiger partial charge in [0.2, 0.25) is 15.9 Å². The molecule has 9 nitrogen and oxygen atoms in total. The van der Waals surface area contributed by atoms with Crippen LogP contribution in [0.5, 0.6) is 0 Å². The molecule has 1 aliphatic rings. The molecule has 0 saturated carbocycles. The number of nitrogens with zero attached hydrogens (tertiary/aromatic N) is 3. The van der Waals surface area contributed by atoms with Crippen molar-refractivity contribution in [1.82, 2.24) is 14.5 Å². The van der Waals surface area contributed by atoms with Crippen LogP contribution < -0.4 is 5.32 Å². The number of hydrogen-bond donors (Lipinski definition) is 1. The number of rotatable bonds is 5. The molecule has 0 aliphatic carbocycles. The smallest absolute Gasteiger partial charge is 0.322 e. The monoisotopic (exact) mass is 514 g/mol. The molecule has 3 heterocycles. The fraction of sp³-hybridized carbons (Fsp3) is 0.278. The quantitative estimate of drug-likeness (QED) is 0.549. The molecule has 1 amide bonds. The lowest BCUT2D eigenvalue weighted by atomic mass is 9.99. The van der Waals surface area contributed by atoms with Crippen LogP contribution in [0.25, 0.3) is 11.7 Å². The summed E-state index contributed by atoms with van der Waals surface area (Å²) >= 11 is 9.03. The Labute approximate surface area is 185 Å². The zero-order valence-corrected chi connectivity index (χ0v) is 18.6. The molecular formula is C18H16BrClN4O5S. The lowest BCUT2D eigenvalue weighted by Crippen LogP contribution is -2.43. The SMILES string of the molecule is O=C(Nc1nnc(-c2ccc(Br)o2)o1)C1CCCN(S(=O)(=O)c2ccc(Cl)cc2)C1. The fourth-order valence-corrected chi connectivity index (χ4v) is 5.10. The van der Waals surface area contributed by atoms with E-state index < -0.39 is 15.9 Å². The van der Waals surface area contributed by atoms with Crippen molar-refractivity contribution >= 4 is 49.5 Å². The van der Waals surface area contributed by atoms with Gasteiger partial charge in [0.05, 0.1) is 10.8 Å². The van der Waals surface area contributed by atoms with Gasteiger partial charge in [0.1, 0.15) is 0 Å². The molecule has 1 saturated heterocycles. The van der Waals surface area contributed by atoms with Crippen LogP contribution in [0.15, 0.2) is 54.8 Å². The molecule has 3 aromatic rings. The van der Waals surface area contributed by atoms with Crippen molar-refractivity contribution in [3.05, 3.63) is 46.1 Å². The highest BCUT2D eigenvalue weighted by molar-refractivity contribution is 9.10. The predicted octanol–water partition coefficient (Wildman–Crippen LogP) is 3.78. The molecule has 0 bridgehead atoms. The highest BCUT2D eigenvalue weighted by atomic mass is 79.9. The van der Waals surface area contributed by atoms with E-state index in [0.717, 1.165) is 0 Å². The summed E-state index contributed by atoms with van der Waals surface area (Å²) in [5, 5.41) is 10.6. The number of carbonyl (C=O) groups is 1. The Bertz CT molecular complexity index is 1160. The first-order valence-corrected chi connectivity index (χ1v) is 11.6. The lowest BCUT2D eigenvalue weighted by molar-refractivity contribution is -0.121. The van der Waals surface area contributed by atoms with Crippen LogP contribution in [0.4, 0.5) is 6.01 Å². The molecule has 1 atom stereocenters. The Morgan fingerprint density at radius 1 is 1.17 bits per heavy atom. The van der Waals surface area contributed by atoms with Gasteiger partial charge in [-0.15, -0.1) is 5.10 Å². The average molecular weight is 516 g/mol. The molecule has 30 heavy (non-hydrogen) atoms. The summed E-state index contributed by atoms with van der Waals surface area (Å²) in [6.45, 7) is 0.399. The third kappa shape index (κ3) is 4.43. The van der Waals surface area contributed by atoms with Crippen LogP contribution in [-0.4, -0.2) is 41.9 Å². The summed E-state index contributed by atoms with van der Waals surface area (Å²) in [6.07, 6.45) is 1.10. The summed E-state index contributed by atoms with van der Waals surface area (Å²) in [6, 6.07) is 9.18. The van der Waals surface area contributed by atoms with Crippen LogP contribution in [0.1, 0.15) is 12.8 Å². The summed E-state index contributed by atoms with van der Waals surface area (Å²) < 4.78 is 38.3. The van der Waals surface area contributed by atoms with Crippen molar-refractivity contribution in [2.75, 3.05) is 18.4 Å². The normalized spacial score (nSPS) is 17.7. The summed E-state index contributed by atoms with van der Waals surface area (Å²) in [7, 11) is -3.72. The van der Waals surface area contributed by atoms with E-state index in [-0.39, 0.29) is 29.3 Å². The lowest BCUT2D eigenvalue weighted by Gasteiger charge is -2.30. The van der Waals surface area contributed by atoms with Gasteiger partial charge < -0.3 is 8.83 Å². The highest BCUT2D eigenvalue weighted by Gasteiger charge is 2.33. The van der Waals surface area contributed by atoms with Gasteiger partial charge in [-0.05, 0) is 65.2 Å². The standard InChI is InChI=1S/C18H16BrClN4O5S/c19-15-8-7-14(28-15)17-22-23-18(29-17)21-16(25)11-2-1-9-24(10-11)30(26,27)13-5-3-12(20)4-6-13/h3-8,11H,1-2,9-10H2,(H,21,23,25). The molecule has 1 unspecified atom stereocenters. The number of aromatic nitrogens is 2. The van der Waals surface area contributed by atoms with Gasteiger partial charge in [0.25, 0.3) is 5.89 Å². The minimum absolute atomic E-state index is 0.0585. The maximum atomic E-state index is 12.9. The predicted molar refractivity (Wildman–Crippen MR) is 111 cm³/mol. The molecule has 0 radical (unpaired) electrons. The number of anilines is 1. The number of piperidine rings is 1. The van der Waals surface area contributed by atoms with E-state index >= 15 is 0 Å². The summed E-state index contributed by atoms with van der Waals surface area (Å²) in [5.74, 6) is -0.463. The van der Waals surface area contributed by atoms with E-state index in [1.54, 1.807) is 12.1 Å². The second-order valence-electron chi connectivity index (χ2n) is 6.66. The third-order valence-corrected chi connectivity index (χ3v) is 7.20. The van der Waals surface area contributed by atoms with Crippen molar-refractivity contribution < 1.29 is 22.0 Å². The first kappa shape index (κ1) is 21.0. The minimum atomic E-state index is -3.72. The molecule has 2 aromatic heterocycles. The number of hydrogen-bond acceptors (Lipinski definition) is 7. The van der Waals surface area contributed by atoms with Crippen molar-refractivity contribution in [3.8, 4) is 11.7 Å². The molecule has 1 N–H and O–H groups in total. The number of halogens is 2. The first-order chi connectivity index (χ1) is 14.3. The molecule has 0 spiro atoms. The summed E-state index contributed by atoms with van der Waals surface area (Å²) in [4.78, 5) is 12.8. The molecule has 12 heteroatoms. The molecule has 1 aliphatic heterocycles. The third-order valence-electron chi connectivity index (χ3n) is 4.65. The maximum absolute atomic E-state index is 12.9. The van der Waals surface area contributed by atoms with Gasteiger partial charge in [-0.1, -0.05) is 16.7 Å². The zero-order chi connectivity index (χ0) is 21.3. The second-order valence-corrected chi connectivity index (χ2v) is 9.82. The Balaban J connectivity index is 1.44. The first-order valence-electron chi connectivity index (χ1n) is 8.99. The topological polar surface area (TPSA) is 119 Å². The van der Waals surface area contributed by atoms with Gasteiger partial charge in [-0.2, -0.15) is 4.31 Å². The van der Waals surface area contributed by atoms with E-state index in [9.17, 15) is 13.2 Å². The zero-order valence-electron chi connectivity index (χ0n) is 15.4. The molecule has 1 fully saturated rings. The number of amides is 1. The van der Waals surface area contributed by atoms with Crippen LogP contribution in [0.2, 0.25) is 5.02 Å². The van der Waals surface area contributed by atoms with Crippen molar-refractivity contribution in [2.24, 2.45) is 5.92 Å². The van der Waals surface area contributed by atoms with Gasteiger partial charge in [0, 0.05) is 18.1 Å². The largest absolute Gasteiger partial charge is 0.444 e. The van der Waals surface area contributed by atoms with Crippen LogP contribution >= 0.6 is 27.5 Å². The van der Waals surface area contributed by atoms with E-state index in [2.05, 4.69) is 31.4 Å². The maximum Gasteiger partial charge on any atom is 0.322 e. The number of sulfonamides is 1. The van der Waals surface area contributed by atoms with Gasteiger partial charge in [-0.3, -0.25) is 10.1 Å². The molecular weight excluding hydrogens is 500 g/mol. The van der Waals surface area contributed by atoms with E-state index in [4.69, 9.17) is 20.4 Å². The second kappa shape index (κ2) is 8.50. The number of carbonyl (C=O) groups excluding carboxylic acids is 1. The van der Waals surface area contributed by atoms with E-state index in [1.807, 2.05) is 0 Å². The molecule has 158 valence electrons. The van der Waals surface area contributed by atoms with Crippen LogP contribution in [-0.2, 0) is 14.8 Å². The van der Waals surface area contributed by atoms with Crippen LogP contribution in [0.3, 0.4) is 0 Å². The number of furan rings is 1. The minimum Gasteiger partial charge on any atom is -0.444 e. The Hall–Kier alpha value is -2.21. The average Bonchev–Trinajstić information content (AvgIpc) is 3.37.